The number of hydrogen-bond donors (Lipinski definition) is 2. The monoisotopic (exact) mass is 480 g/mol. The van der Waals surface area contributed by atoms with Crippen molar-refractivity contribution in [3.63, 3.8) is 0 Å². The summed E-state index contributed by atoms with van der Waals surface area (Å²) in [6, 6.07) is 15.1. The number of carbonyl (C=O) groups excluding carboxylic acids is 2. The molecule has 4 rings (SSSR count). The van der Waals surface area contributed by atoms with Crippen LogP contribution in [0, 0.1) is 0 Å². The van der Waals surface area contributed by atoms with Crippen molar-refractivity contribution in [2.24, 2.45) is 0 Å². The van der Waals surface area contributed by atoms with Crippen LogP contribution in [0.25, 0.3) is 11.1 Å². The van der Waals surface area contributed by atoms with E-state index >= 15 is 0 Å². The largest absolute Gasteiger partial charge is 0.481 e. The lowest BCUT2D eigenvalue weighted by Crippen LogP contribution is -2.48. The molecule has 0 spiro atoms. The van der Waals surface area contributed by atoms with Crippen LogP contribution in [-0.4, -0.2) is 65.9 Å². The van der Waals surface area contributed by atoms with E-state index in [0.29, 0.717) is 19.5 Å². The molecule has 0 saturated carbocycles. The Morgan fingerprint density at radius 2 is 1.69 bits per heavy atom. The molecule has 0 radical (unpaired) electrons. The Morgan fingerprint density at radius 1 is 1.06 bits per heavy atom. The van der Waals surface area contributed by atoms with Gasteiger partial charge in [0.1, 0.15) is 12.6 Å². The number of alkyl carbamates (subject to hydrolysis) is 1. The Morgan fingerprint density at radius 3 is 2.29 bits per heavy atom. The van der Waals surface area contributed by atoms with Crippen LogP contribution >= 0.6 is 0 Å². The Hall–Kier alpha value is -3.39. The highest BCUT2D eigenvalue weighted by atomic mass is 16.5. The van der Waals surface area contributed by atoms with Crippen LogP contribution in [-0.2, 0) is 19.1 Å². The topological polar surface area (TPSA) is 105 Å². The minimum Gasteiger partial charge on any atom is -0.481 e. The minimum absolute atomic E-state index is 0.00936. The van der Waals surface area contributed by atoms with Crippen LogP contribution < -0.4 is 5.32 Å². The first-order valence-electron chi connectivity index (χ1n) is 12.1. The maximum Gasteiger partial charge on any atom is 0.407 e. The van der Waals surface area contributed by atoms with E-state index in [1.165, 1.54) is 0 Å². The molecule has 2 N–H and O–H groups in total. The molecule has 2 atom stereocenters. The molecule has 1 heterocycles. The first kappa shape index (κ1) is 24.7. The third kappa shape index (κ3) is 5.82. The Kier molecular flexibility index (Phi) is 7.70. The molecule has 2 aliphatic rings. The molecule has 186 valence electrons. The van der Waals surface area contributed by atoms with Crippen LogP contribution in [0.4, 0.5) is 4.79 Å². The molecule has 2 unspecified atom stereocenters. The molecule has 8 nitrogen and oxygen atoms in total. The Bertz CT molecular complexity index is 1040. The maximum atomic E-state index is 13.1. The fourth-order valence-electron chi connectivity index (χ4n) is 4.95. The first-order chi connectivity index (χ1) is 16.8. The van der Waals surface area contributed by atoms with E-state index in [9.17, 15) is 14.4 Å². The average molecular weight is 481 g/mol. The van der Waals surface area contributed by atoms with Gasteiger partial charge in [-0.1, -0.05) is 48.5 Å². The van der Waals surface area contributed by atoms with E-state index in [1.807, 2.05) is 50.2 Å². The molecule has 2 aromatic carbocycles. The maximum absolute atomic E-state index is 13.1. The van der Waals surface area contributed by atoms with Crippen molar-refractivity contribution < 1.29 is 29.0 Å². The van der Waals surface area contributed by atoms with Gasteiger partial charge in [0.05, 0.1) is 12.2 Å². The molecule has 1 aliphatic carbocycles. The van der Waals surface area contributed by atoms with Crippen LogP contribution in [0.5, 0.6) is 0 Å². The second-order valence-corrected chi connectivity index (χ2v) is 9.33. The number of likely N-dealkylation sites (tertiary alicyclic amines) is 1. The van der Waals surface area contributed by atoms with Gasteiger partial charge >= 0.3 is 12.1 Å². The zero-order chi connectivity index (χ0) is 24.9. The molecular weight excluding hydrogens is 448 g/mol. The zero-order valence-electron chi connectivity index (χ0n) is 20.1. The van der Waals surface area contributed by atoms with Crippen molar-refractivity contribution >= 4 is 18.0 Å². The van der Waals surface area contributed by atoms with Gasteiger partial charge in [0.2, 0.25) is 5.91 Å². The number of carbonyl (C=O) groups is 3. The van der Waals surface area contributed by atoms with Crippen LogP contribution in [0.1, 0.15) is 50.2 Å². The molecule has 35 heavy (non-hydrogen) atoms. The predicted molar refractivity (Wildman–Crippen MR) is 130 cm³/mol. The van der Waals surface area contributed by atoms with Crippen molar-refractivity contribution in [3.05, 3.63) is 59.7 Å². The normalized spacial score (nSPS) is 17.7. The fraction of sp³-hybridized carbons (Fsp3) is 0.444. The lowest BCUT2D eigenvalue weighted by Gasteiger charge is -2.24. The summed E-state index contributed by atoms with van der Waals surface area (Å²) < 4.78 is 11.4. The number of hydrogen-bond acceptors (Lipinski definition) is 5. The molecule has 2 amide bonds. The number of amides is 2. The van der Waals surface area contributed by atoms with Gasteiger partial charge < -0.3 is 24.8 Å². The quantitative estimate of drug-likeness (QED) is 0.566. The molecule has 8 heteroatoms. The third-order valence-corrected chi connectivity index (χ3v) is 6.50. The Balaban J connectivity index is 1.39. The number of nitrogens with zero attached hydrogens (tertiary/aromatic N) is 1. The number of nitrogens with one attached hydrogen (secondary N) is 1. The summed E-state index contributed by atoms with van der Waals surface area (Å²) in [5.74, 6) is -1.44. The number of benzene rings is 2. The van der Waals surface area contributed by atoms with Crippen molar-refractivity contribution in [3.8, 4) is 11.1 Å². The van der Waals surface area contributed by atoms with Crippen molar-refractivity contribution in [1.82, 2.24) is 10.2 Å². The number of rotatable bonds is 9. The molecule has 0 bridgehead atoms. The number of fused-ring (bicyclic) bond motifs is 3. The van der Waals surface area contributed by atoms with E-state index in [0.717, 1.165) is 22.3 Å². The predicted octanol–water partition coefficient (Wildman–Crippen LogP) is 3.78. The highest BCUT2D eigenvalue weighted by Gasteiger charge is 2.34. The molecule has 2 aromatic rings. The summed E-state index contributed by atoms with van der Waals surface area (Å²) in [6.45, 7) is 4.94. The van der Waals surface area contributed by atoms with E-state index in [2.05, 4.69) is 17.4 Å². The van der Waals surface area contributed by atoms with Gasteiger partial charge in [-0.2, -0.15) is 0 Å². The summed E-state index contributed by atoms with van der Waals surface area (Å²) in [4.78, 5) is 38.6. The SMILES string of the molecule is CC(C)OC1CCN(C(=O)C(CCC(=O)O)NC(=O)OCC2c3ccccc3-c3ccccc32)C1. The van der Waals surface area contributed by atoms with E-state index < -0.39 is 18.1 Å². The van der Waals surface area contributed by atoms with E-state index in [1.54, 1.807) is 4.90 Å². The van der Waals surface area contributed by atoms with Crippen LogP contribution in [0.15, 0.2) is 48.5 Å². The summed E-state index contributed by atoms with van der Waals surface area (Å²) in [7, 11) is 0. The molecular formula is C27H32N2O6. The van der Waals surface area contributed by atoms with Gasteiger partial charge in [0.15, 0.2) is 0 Å². The van der Waals surface area contributed by atoms with Crippen molar-refractivity contribution in [2.75, 3.05) is 19.7 Å². The number of carboxylic acid groups (broad SMARTS) is 1. The van der Waals surface area contributed by atoms with Crippen molar-refractivity contribution in [1.29, 1.82) is 0 Å². The third-order valence-electron chi connectivity index (χ3n) is 6.50. The van der Waals surface area contributed by atoms with Gasteiger partial charge in [-0.15, -0.1) is 0 Å². The van der Waals surface area contributed by atoms with Gasteiger partial charge in [-0.3, -0.25) is 9.59 Å². The first-order valence-corrected chi connectivity index (χ1v) is 12.1. The molecule has 1 fully saturated rings. The number of aliphatic carboxylic acids is 1. The smallest absolute Gasteiger partial charge is 0.407 e. The summed E-state index contributed by atoms with van der Waals surface area (Å²) >= 11 is 0. The van der Waals surface area contributed by atoms with Gasteiger partial charge in [0, 0.05) is 25.4 Å². The van der Waals surface area contributed by atoms with E-state index in [-0.39, 0.29) is 43.5 Å². The van der Waals surface area contributed by atoms with Crippen molar-refractivity contribution in [2.45, 2.75) is 57.3 Å². The molecule has 1 saturated heterocycles. The summed E-state index contributed by atoms with van der Waals surface area (Å²) in [5, 5.41) is 11.7. The zero-order valence-corrected chi connectivity index (χ0v) is 20.1. The van der Waals surface area contributed by atoms with Gasteiger partial charge in [-0.05, 0) is 48.9 Å². The summed E-state index contributed by atoms with van der Waals surface area (Å²) in [5.41, 5.74) is 4.43. The van der Waals surface area contributed by atoms with Gasteiger partial charge in [-0.25, -0.2) is 4.79 Å². The Labute approximate surface area is 205 Å². The van der Waals surface area contributed by atoms with E-state index in [4.69, 9.17) is 14.6 Å². The van der Waals surface area contributed by atoms with Gasteiger partial charge in [0.25, 0.3) is 0 Å². The second-order valence-electron chi connectivity index (χ2n) is 9.33. The number of carboxylic acids is 1. The lowest BCUT2D eigenvalue weighted by molar-refractivity contribution is -0.138. The lowest BCUT2D eigenvalue weighted by atomic mass is 9.98. The fourth-order valence-corrected chi connectivity index (χ4v) is 4.95. The second kappa shape index (κ2) is 10.9. The van der Waals surface area contributed by atoms with Crippen LogP contribution in [0.3, 0.4) is 0 Å². The highest BCUT2D eigenvalue weighted by molar-refractivity contribution is 5.86. The molecule has 0 aromatic heterocycles. The number of ether oxygens (including phenoxy) is 2. The minimum atomic E-state index is -1.03. The average Bonchev–Trinajstić information content (AvgIpc) is 3.42. The summed E-state index contributed by atoms with van der Waals surface area (Å²) in [6.07, 6.45) is -0.277. The highest BCUT2D eigenvalue weighted by Crippen LogP contribution is 2.44. The van der Waals surface area contributed by atoms with Crippen LogP contribution in [0.2, 0.25) is 0 Å². The standard InChI is InChI=1S/C27H32N2O6/c1-17(2)35-18-13-14-29(15-18)26(32)24(11-12-25(30)31)28-27(33)34-16-23-21-9-5-3-7-19(21)20-8-4-6-10-22(20)23/h3-10,17-18,23-24H,11-16H2,1-2H3,(H,28,33)(H,30,31). The molecule has 1 aliphatic heterocycles.